The molecule has 226 valence electrons. The molecule has 42 heavy (non-hydrogen) atoms. The lowest BCUT2D eigenvalue weighted by molar-refractivity contribution is -0.140. The Bertz CT molecular complexity index is 1470. The highest BCUT2D eigenvalue weighted by molar-refractivity contribution is 7.92. The first-order valence-electron chi connectivity index (χ1n) is 13.9. The van der Waals surface area contributed by atoms with Crippen molar-refractivity contribution in [2.45, 2.75) is 58.5 Å². The van der Waals surface area contributed by atoms with Gasteiger partial charge >= 0.3 is 0 Å². The fourth-order valence-electron chi connectivity index (χ4n) is 4.47. The van der Waals surface area contributed by atoms with E-state index >= 15 is 0 Å². The zero-order valence-corrected chi connectivity index (χ0v) is 26.6. The van der Waals surface area contributed by atoms with Crippen LogP contribution in [0.5, 0.6) is 5.75 Å². The predicted molar refractivity (Wildman–Crippen MR) is 167 cm³/mol. The van der Waals surface area contributed by atoms with Gasteiger partial charge in [0.25, 0.3) is 10.0 Å². The van der Waals surface area contributed by atoms with E-state index in [2.05, 4.69) is 5.32 Å². The SMILES string of the molecule is CCC(C(=O)NCC(C)C)N(Cc1ccc(OC)cc1)C(=O)CN(c1cc(Cl)ccc1C)S(=O)(=O)c1ccc(C)cc1. The van der Waals surface area contributed by atoms with Crippen LogP contribution < -0.4 is 14.4 Å². The molecule has 3 aromatic carbocycles. The Morgan fingerprint density at radius 2 is 1.62 bits per heavy atom. The molecule has 2 amide bonds. The molecule has 0 saturated heterocycles. The van der Waals surface area contributed by atoms with Crippen LogP contribution in [0.15, 0.2) is 71.6 Å². The highest BCUT2D eigenvalue weighted by Crippen LogP contribution is 2.30. The Morgan fingerprint density at radius 1 is 0.976 bits per heavy atom. The van der Waals surface area contributed by atoms with Crippen molar-refractivity contribution >= 4 is 39.1 Å². The molecular weight excluding hydrogens is 574 g/mol. The van der Waals surface area contributed by atoms with Crippen LogP contribution in [0.25, 0.3) is 0 Å². The highest BCUT2D eigenvalue weighted by atomic mass is 35.5. The summed E-state index contributed by atoms with van der Waals surface area (Å²) in [5.41, 5.74) is 2.59. The number of benzene rings is 3. The van der Waals surface area contributed by atoms with Gasteiger partial charge in [-0.05, 0) is 73.7 Å². The van der Waals surface area contributed by atoms with Gasteiger partial charge in [-0.25, -0.2) is 8.42 Å². The van der Waals surface area contributed by atoms with E-state index in [0.29, 0.717) is 29.3 Å². The molecule has 1 N–H and O–H groups in total. The lowest BCUT2D eigenvalue weighted by Crippen LogP contribution is -2.52. The largest absolute Gasteiger partial charge is 0.497 e. The number of hydrogen-bond acceptors (Lipinski definition) is 5. The first kappa shape index (κ1) is 32.9. The maximum atomic E-state index is 14.2. The normalized spacial score (nSPS) is 12.1. The summed E-state index contributed by atoms with van der Waals surface area (Å²) in [5.74, 6) is 0.0654. The lowest BCUT2D eigenvalue weighted by atomic mass is 10.1. The van der Waals surface area contributed by atoms with Crippen LogP contribution in [0.3, 0.4) is 0 Å². The van der Waals surface area contributed by atoms with Crippen molar-refractivity contribution in [3.05, 3.63) is 88.4 Å². The average Bonchev–Trinajstić information content (AvgIpc) is 2.96. The molecule has 0 aliphatic carbocycles. The van der Waals surface area contributed by atoms with E-state index in [1.165, 1.54) is 23.1 Å². The molecule has 3 aromatic rings. The van der Waals surface area contributed by atoms with Gasteiger partial charge < -0.3 is 15.0 Å². The minimum Gasteiger partial charge on any atom is -0.497 e. The van der Waals surface area contributed by atoms with E-state index < -0.39 is 28.5 Å². The van der Waals surface area contributed by atoms with Crippen LogP contribution in [-0.2, 0) is 26.2 Å². The number of carbonyl (C=O) groups is 2. The van der Waals surface area contributed by atoms with Crippen LogP contribution in [0, 0.1) is 19.8 Å². The zero-order valence-electron chi connectivity index (χ0n) is 25.1. The van der Waals surface area contributed by atoms with Crippen molar-refractivity contribution in [2.24, 2.45) is 5.92 Å². The average molecular weight is 614 g/mol. The van der Waals surface area contributed by atoms with E-state index in [1.54, 1.807) is 50.4 Å². The summed E-state index contributed by atoms with van der Waals surface area (Å²) in [6.45, 7) is 9.46. The number of nitrogens with one attached hydrogen (secondary N) is 1. The number of halogens is 1. The number of sulfonamides is 1. The fraction of sp³-hybridized carbons (Fsp3) is 0.375. The van der Waals surface area contributed by atoms with Crippen molar-refractivity contribution in [1.29, 1.82) is 0 Å². The smallest absolute Gasteiger partial charge is 0.264 e. The second kappa shape index (κ2) is 14.6. The summed E-state index contributed by atoms with van der Waals surface area (Å²) >= 11 is 6.30. The number of nitrogens with zero attached hydrogens (tertiary/aromatic N) is 2. The standard InChI is InChI=1S/C32H40ClN3O5S/c1-7-29(32(38)34-19-22(2)3)35(20-25-11-14-27(41-6)15-12-25)31(37)21-36(30-18-26(33)13-10-24(30)5)42(39,40)28-16-8-23(4)9-17-28/h8-18,22,29H,7,19-21H2,1-6H3,(H,34,38). The number of methoxy groups -OCH3 is 1. The third-order valence-electron chi connectivity index (χ3n) is 6.91. The van der Waals surface area contributed by atoms with Crippen molar-refractivity contribution in [3.8, 4) is 5.75 Å². The van der Waals surface area contributed by atoms with Gasteiger partial charge in [0.15, 0.2) is 0 Å². The van der Waals surface area contributed by atoms with Crippen LogP contribution in [0.2, 0.25) is 5.02 Å². The summed E-state index contributed by atoms with van der Waals surface area (Å²) in [6, 6.07) is 17.8. The summed E-state index contributed by atoms with van der Waals surface area (Å²) in [5, 5.41) is 3.27. The van der Waals surface area contributed by atoms with E-state index in [-0.39, 0.29) is 29.0 Å². The lowest BCUT2D eigenvalue weighted by Gasteiger charge is -2.33. The molecule has 0 aliphatic rings. The number of amides is 2. The molecule has 1 unspecified atom stereocenters. The molecule has 1 atom stereocenters. The molecule has 0 aliphatic heterocycles. The maximum absolute atomic E-state index is 14.2. The Labute approximate surface area is 254 Å². The third-order valence-corrected chi connectivity index (χ3v) is 8.92. The number of anilines is 1. The molecule has 8 nitrogen and oxygen atoms in total. The topological polar surface area (TPSA) is 96.0 Å². The van der Waals surface area contributed by atoms with E-state index in [9.17, 15) is 18.0 Å². The van der Waals surface area contributed by atoms with Crippen molar-refractivity contribution in [2.75, 3.05) is 24.5 Å². The van der Waals surface area contributed by atoms with Gasteiger partial charge in [0, 0.05) is 18.1 Å². The molecule has 0 spiro atoms. The number of carbonyl (C=O) groups excluding carboxylic acids is 2. The quantitative estimate of drug-likeness (QED) is 0.265. The zero-order chi connectivity index (χ0) is 31.0. The van der Waals surface area contributed by atoms with Crippen LogP contribution >= 0.6 is 11.6 Å². The van der Waals surface area contributed by atoms with Crippen molar-refractivity contribution < 1.29 is 22.7 Å². The maximum Gasteiger partial charge on any atom is 0.264 e. The minimum atomic E-state index is -4.18. The Hall–Kier alpha value is -3.56. The van der Waals surface area contributed by atoms with E-state index in [0.717, 1.165) is 15.4 Å². The molecule has 0 fully saturated rings. The van der Waals surface area contributed by atoms with Crippen molar-refractivity contribution in [1.82, 2.24) is 10.2 Å². The van der Waals surface area contributed by atoms with Crippen LogP contribution in [0.1, 0.15) is 43.9 Å². The van der Waals surface area contributed by atoms with Gasteiger partial charge in [0.2, 0.25) is 11.8 Å². The molecule has 3 rings (SSSR count). The fourth-order valence-corrected chi connectivity index (χ4v) is 6.11. The molecule has 0 aromatic heterocycles. The summed E-state index contributed by atoms with van der Waals surface area (Å²) in [7, 11) is -2.62. The van der Waals surface area contributed by atoms with Crippen LogP contribution in [-0.4, -0.2) is 51.4 Å². The van der Waals surface area contributed by atoms with Gasteiger partial charge in [-0.2, -0.15) is 0 Å². The molecule has 0 heterocycles. The van der Waals surface area contributed by atoms with Gasteiger partial charge in [0.05, 0.1) is 17.7 Å². The predicted octanol–water partition coefficient (Wildman–Crippen LogP) is 5.74. The molecule has 0 radical (unpaired) electrons. The summed E-state index contributed by atoms with van der Waals surface area (Å²) in [6.07, 6.45) is 0.340. The summed E-state index contributed by atoms with van der Waals surface area (Å²) < 4.78 is 34.5. The first-order chi connectivity index (χ1) is 19.9. The van der Waals surface area contributed by atoms with Crippen LogP contribution in [0.4, 0.5) is 5.69 Å². The number of aryl methyl sites for hydroxylation is 2. The second-order valence-electron chi connectivity index (χ2n) is 10.7. The van der Waals surface area contributed by atoms with Crippen molar-refractivity contribution in [3.63, 3.8) is 0 Å². The minimum absolute atomic E-state index is 0.0451. The van der Waals surface area contributed by atoms with E-state index in [4.69, 9.17) is 16.3 Å². The monoisotopic (exact) mass is 613 g/mol. The molecule has 0 bridgehead atoms. The summed E-state index contributed by atoms with van der Waals surface area (Å²) in [4.78, 5) is 29.1. The Kier molecular flexibility index (Phi) is 11.4. The Morgan fingerprint density at radius 3 is 2.19 bits per heavy atom. The van der Waals surface area contributed by atoms with E-state index in [1.807, 2.05) is 39.8 Å². The molecule has 0 saturated carbocycles. The highest BCUT2D eigenvalue weighted by Gasteiger charge is 2.34. The number of ether oxygens (including phenoxy) is 1. The number of rotatable bonds is 13. The van der Waals surface area contributed by atoms with Gasteiger partial charge in [0.1, 0.15) is 18.3 Å². The molecular formula is C32H40ClN3O5S. The van der Waals surface area contributed by atoms with Gasteiger partial charge in [-0.1, -0.05) is 68.3 Å². The van der Waals surface area contributed by atoms with Gasteiger partial charge in [-0.15, -0.1) is 0 Å². The molecule has 10 heteroatoms. The first-order valence-corrected chi connectivity index (χ1v) is 15.7. The second-order valence-corrected chi connectivity index (χ2v) is 13.0. The third kappa shape index (κ3) is 8.26. The van der Waals surface area contributed by atoms with Gasteiger partial charge in [-0.3, -0.25) is 13.9 Å². The Balaban J connectivity index is 2.08. The number of hydrogen-bond donors (Lipinski definition) is 1.